The van der Waals surface area contributed by atoms with Gasteiger partial charge in [0.15, 0.2) is 12.6 Å². The fourth-order valence-electron chi connectivity index (χ4n) is 17.8. The SMILES string of the molecule is C=CCC(=C)/C=C/C(C)[C@H]1O[C@@H]2C[C@@H]3O[C@@H]4C[C@@H]5O[C@@H]6C[C@@H]7O[C@@H]8C[C@@H]9O[C@@H]%10C[C@@H]%11O[C@](C)(CCOS(=O)(=O)O)[C@@H](OS(=O)(=O)O)C[C@H]%11O[C@H]%10C[C@H]9O[C@H]8CC[C@@]7(C)O[C@@]6(C)CC[C@H](C)[C@H]5O[C@H]4[C@@H](O[C@@H]4OC(CO[C@@H]5OC(CO)C(O)C5O)C(O)C4O)[C@@]3(C)O[C@H]2CC1=C. The second-order valence-electron chi connectivity index (χ2n) is 29.9. The van der Waals surface area contributed by atoms with Crippen LogP contribution in [0.3, 0.4) is 0 Å². The molecule has 0 aromatic carbocycles. The third-order valence-corrected chi connectivity index (χ3v) is 24.0. The molecule has 13 fully saturated rings. The Morgan fingerprint density at radius 1 is 0.642 bits per heavy atom. The Balaban J connectivity index is 0.709. The summed E-state index contributed by atoms with van der Waals surface area (Å²) in [6, 6.07) is 0. The van der Waals surface area contributed by atoms with Crippen molar-refractivity contribution in [3.63, 3.8) is 0 Å². The summed E-state index contributed by atoms with van der Waals surface area (Å²) in [7, 11) is -9.80. The third-order valence-electron chi connectivity index (χ3n) is 23.1. The van der Waals surface area contributed by atoms with Crippen molar-refractivity contribution >= 4 is 20.8 Å². The smallest absolute Gasteiger partial charge is 0.394 e. The van der Waals surface area contributed by atoms with E-state index in [1.807, 2.05) is 19.1 Å². The number of hydrogen-bond donors (Lipinski definition) is 7. The predicted octanol–water partition coefficient (Wildman–Crippen LogP) is 2.87. The first-order valence-corrected chi connectivity index (χ1v) is 36.7. The number of ether oxygens (including phenoxy) is 15. The molecule has 95 heavy (non-hydrogen) atoms. The average Bonchev–Trinajstić information content (AvgIpc) is 0.967. The van der Waals surface area contributed by atoms with Crippen molar-refractivity contribution in [2.24, 2.45) is 11.8 Å². The summed E-state index contributed by atoms with van der Waals surface area (Å²) in [5.41, 5.74) is -2.42. The second-order valence-corrected chi connectivity index (χ2v) is 32.0. The van der Waals surface area contributed by atoms with Gasteiger partial charge in [-0.3, -0.25) is 9.11 Å². The predicted molar refractivity (Wildman–Crippen MR) is 328 cm³/mol. The van der Waals surface area contributed by atoms with E-state index >= 15 is 0 Å². The molecule has 34 atom stereocenters. The van der Waals surface area contributed by atoms with E-state index < -0.39 is 197 Å². The molecule has 13 heterocycles. The van der Waals surface area contributed by atoms with Crippen LogP contribution >= 0.6 is 0 Å². The molecule has 28 nitrogen and oxygen atoms in total. The van der Waals surface area contributed by atoms with E-state index in [-0.39, 0.29) is 61.8 Å². The highest BCUT2D eigenvalue weighted by Crippen LogP contribution is 2.55. The van der Waals surface area contributed by atoms with Gasteiger partial charge in [0.2, 0.25) is 0 Å². The molecule has 13 aliphatic heterocycles. The van der Waals surface area contributed by atoms with Gasteiger partial charge in [0.05, 0.1) is 140 Å². The summed E-state index contributed by atoms with van der Waals surface area (Å²) in [6.07, 6.45) is -10.1. The topological polar surface area (TPSA) is 367 Å². The minimum absolute atomic E-state index is 0.0245. The van der Waals surface area contributed by atoms with E-state index in [9.17, 15) is 51.5 Å². The minimum Gasteiger partial charge on any atom is -0.394 e. The Morgan fingerprint density at radius 3 is 1.88 bits per heavy atom. The van der Waals surface area contributed by atoms with Crippen LogP contribution in [0.25, 0.3) is 0 Å². The molecule has 13 saturated heterocycles. The van der Waals surface area contributed by atoms with Crippen LogP contribution in [0.4, 0.5) is 0 Å². The first-order chi connectivity index (χ1) is 44.8. The third kappa shape index (κ3) is 14.3. The van der Waals surface area contributed by atoms with E-state index in [0.717, 1.165) is 11.1 Å². The Hall–Kier alpha value is -2.10. The van der Waals surface area contributed by atoms with Crippen molar-refractivity contribution in [3.05, 3.63) is 49.1 Å². The standard InChI is InChI=1S/C65H98O28S2/c1-10-11-30(2)12-13-31(3)56-33(5)20-42-41(85-56)26-51-65(9,91-42)59(89-61-55(70)53(68)47(87-61)29-77-60-54(69)52(67)46(28-66)86-60)58-45(84-51)24-44-57(88-58)32(4)14-16-63(7)49(83-44)27-48-64(8,93-63)17-15-34-35(82-48)21-37-36(79-34)22-38-39(80-37)23-43-40(81-38)25-50(92-95(74,75)76)62(6,90-43)18-19-78-94(71,72)73/h10,12-13,31-32,34-61,66-70H,1-2,5,11,14-29H2,3-4,6-9H3,(H,71,72,73)(H,74,75,76)/b13-12+/t31?,32-,34-,35+,36+,37-,38-,39+,40+,41+,42-,43-,44-,45+,46?,47?,48-,49+,50-,51-,52?,53?,54?,55?,56+,57+,58+,59+,60+,61-,62+,63-,64+,65-/m0/s1. The van der Waals surface area contributed by atoms with Gasteiger partial charge in [-0.1, -0.05) is 50.8 Å². The van der Waals surface area contributed by atoms with Crippen LogP contribution in [-0.4, -0.2) is 265 Å². The first-order valence-electron chi connectivity index (χ1n) is 34.0. The van der Waals surface area contributed by atoms with Gasteiger partial charge in [-0.05, 0) is 77.7 Å². The molecular formula is C65H98O28S2. The van der Waals surface area contributed by atoms with Gasteiger partial charge in [0, 0.05) is 57.3 Å². The Bertz CT molecular complexity index is 3050. The zero-order valence-electron chi connectivity index (χ0n) is 54.7. The van der Waals surface area contributed by atoms with E-state index in [2.05, 4.69) is 57.7 Å². The molecule has 13 aliphatic rings. The summed E-state index contributed by atoms with van der Waals surface area (Å²) in [5.74, 6) is -0.118. The Kier molecular flexibility index (Phi) is 20.5. The quantitative estimate of drug-likeness (QED) is 0.0625. The lowest BCUT2D eigenvalue weighted by molar-refractivity contribution is -0.386. The number of allylic oxidation sites excluding steroid dienone is 3. The van der Waals surface area contributed by atoms with Crippen LogP contribution in [0.2, 0.25) is 0 Å². The lowest BCUT2D eigenvalue weighted by atomic mass is 9.73. The van der Waals surface area contributed by atoms with Crippen molar-refractivity contribution in [3.8, 4) is 0 Å². The van der Waals surface area contributed by atoms with Crippen molar-refractivity contribution in [2.75, 3.05) is 19.8 Å². The summed E-state index contributed by atoms with van der Waals surface area (Å²) in [6.45, 7) is 22.9. The van der Waals surface area contributed by atoms with Crippen LogP contribution < -0.4 is 0 Å². The van der Waals surface area contributed by atoms with Gasteiger partial charge in [-0.2, -0.15) is 16.8 Å². The lowest BCUT2D eigenvalue weighted by Gasteiger charge is -2.61. The molecule has 7 N–H and O–H groups in total. The zero-order valence-corrected chi connectivity index (χ0v) is 56.3. The van der Waals surface area contributed by atoms with Crippen LogP contribution in [0.15, 0.2) is 49.1 Å². The molecule has 30 heteroatoms. The molecular weight excluding hydrogens is 1290 g/mol. The summed E-state index contributed by atoms with van der Waals surface area (Å²) in [4.78, 5) is 0. The minimum atomic E-state index is -4.98. The number of aliphatic hydroxyl groups excluding tert-OH is 5. The maximum absolute atomic E-state index is 12.0. The molecule has 0 radical (unpaired) electrons. The van der Waals surface area contributed by atoms with Gasteiger partial charge >= 0.3 is 20.8 Å². The van der Waals surface area contributed by atoms with Crippen LogP contribution in [0, 0.1) is 11.8 Å². The normalized spacial score (nSPS) is 51.6. The second kappa shape index (κ2) is 27.3. The van der Waals surface area contributed by atoms with Gasteiger partial charge in [0.25, 0.3) is 0 Å². The molecule has 0 aromatic rings. The fraction of sp³-hybridized carbons (Fsp3) is 0.877. The monoisotopic (exact) mass is 1390 g/mol. The molecule has 0 aliphatic carbocycles. The molecule has 0 saturated carbocycles. The van der Waals surface area contributed by atoms with Gasteiger partial charge in [-0.15, -0.1) is 6.58 Å². The summed E-state index contributed by atoms with van der Waals surface area (Å²) in [5, 5.41) is 53.9. The van der Waals surface area contributed by atoms with Gasteiger partial charge < -0.3 is 96.6 Å². The number of aliphatic hydroxyl groups is 5. The highest BCUT2D eigenvalue weighted by molar-refractivity contribution is 7.81. The van der Waals surface area contributed by atoms with E-state index in [0.29, 0.717) is 77.0 Å². The van der Waals surface area contributed by atoms with E-state index in [1.165, 1.54) is 6.92 Å². The van der Waals surface area contributed by atoms with E-state index in [4.69, 9.17) is 75.2 Å². The van der Waals surface area contributed by atoms with Crippen molar-refractivity contribution in [2.45, 2.75) is 325 Å². The molecule has 0 spiro atoms. The maximum Gasteiger partial charge on any atom is 0.397 e. The Morgan fingerprint density at radius 2 is 1.22 bits per heavy atom. The summed E-state index contributed by atoms with van der Waals surface area (Å²) < 4.78 is 178. The van der Waals surface area contributed by atoms with Crippen molar-refractivity contribution in [1.82, 2.24) is 0 Å². The maximum atomic E-state index is 12.0. The largest absolute Gasteiger partial charge is 0.397 e. The molecule has 7 unspecified atom stereocenters. The molecule has 0 bridgehead atoms. The van der Waals surface area contributed by atoms with Gasteiger partial charge in [0.1, 0.15) is 60.5 Å². The average molecular weight is 1390 g/mol. The van der Waals surface area contributed by atoms with E-state index in [1.54, 1.807) is 0 Å². The highest BCUT2D eigenvalue weighted by atomic mass is 32.3. The first kappa shape index (κ1) is 71.3. The van der Waals surface area contributed by atoms with Crippen LogP contribution in [0.5, 0.6) is 0 Å². The summed E-state index contributed by atoms with van der Waals surface area (Å²) >= 11 is 0. The van der Waals surface area contributed by atoms with Crippen molar-refractivity contribution < 1.29 is 131 Å². The van der Waals surface area contributed by atoms with Crippen LogP contribution in [0.1, 0.15) is 131 Å². The molecule has 13 rings (SSSR count). The van der Waals surface area contributed by atoms with Crippen molar-refractivity contribution in [1.29, 1.82) is 0 Å². The fourth-order valence-corrected chi connectivity index (χ4v) is 18.6. The molecule has 0 aromatic heterocycles. The van der Waals surface area contributed by atoms with Gasteiger partial charge in [-0.25, -0.2) is 8.37 Å². The van der Waals surface area contributed by atoms with Crippen LogP contribution in [-0.2, 0) is 100 Å². The lowest BCUT2D eigenvalue weighted by Crippen LogP contribution is -2.74. The number of hydrogen-bond acceptors (Lipinski definition) is 26. The number of fused-ring (bicyclic) bond motifs is 10. The Labute approximate surface area is 555 Å². The highest BCUT2D eigenvalue weighted by Gasteiger charge is 2.67. The molecule has 538 valence electrons. The molecule has 0 amide bonds. The number of rotatable bonds is 17. The zero-order chi connectivity index (χ0) is 67.6.